The molecule has 0 aromatic heterocycles. The minimum Gasteiger partial charge on any atom is -0.360 e. The first-order valence-electron chi connectivity index (χ1n) is 5.26. The molecule has 0 radical (unpaired) electrons. The van der Waals surface area contributed by atoms with E-state index in [2.05, 4.69) is 0 Å². The molecule has 8 heteroatoms. The molecule has 1 amide bonds. The Labute approximate surface area is 112 Å². The summed E-state index contributed by atoms with van der Waals surface area (Å²) < 4.78 is 17.7. The van der Waals surface area contributed by atoms with Gasteiger partial charge in [0.15, 0.2) is 0 Å². The van der Waals surface area contributed by atoms with E-state index in [0.717, 1.165) is 12.8 Å². The topological polar surface area (TPSA) is 48.0 Å². The van der Waals surface area contributed by atoms with Crippen molar-refractivity contribution in [2.75, 3.05) is 21.3 Å². The molecule has 1 heterocycles. The van der Waals surface area contributed by atoms with Gasteiger partial charge in [-0.1, -0.05) is 37.3 Å². The number of hydrogen-bond donors (Lipinski definition) is 0. The first-order chi connectivity index (χ1) is 8.06. The fourth-order valence-corrected chi connectivity index (χ4v) is 5.73. The van der Waals surface area contributed by atoms with Crippen molar-refractivity contribution in [1.82, 2.24) is 4.57 Å². The number of hydrogen-bond acceptors (Lipinski definition) is 6. The zero-order valence-corrected chi connectivity index (χ0v) is 13.0. The summed E-state index contributed by atoms with van der Waals surface area (Å²) in [5, 5.41) is -0.139. The van der Waals surface area contributed by atoms with E-state index in [9.17, 15) is 4.79 Å². The molecule has 98 valence electrons. The molecule has 1 fully saturated rings. The Bertz CT molecular complexity index is 303. The minimum atomic E-state index is -3.16. The molecule has 17 heavy (non-hydrogen) atoms. The quantitative estimate of drug-likeness (QED) is 0.545. The number of carbonyl (C=O) groups excluding carboxylic acids is 1. The Balaban J connectivity index is 2.97. The Kier molecular flexibility index (Phi) is 5.54. The van der Waals surface area contributed by atoms with E-state index in [-0.39, 0.29) is 11.2 Å². The van der Waals surface area contributed by atoms with E-state index < -0.39 is 8.97 Å². The average molecular weight is 295 g/mol. The second kappa shape index (κ2) is 6.25. The molecule has 1 rings (SSSR count). The van der Waals surface area contributed by atoms with E-state index in [4.69, 9.17) is 25.5 Å². The van der Waals surface area contributed by atoms with E-state index in [1.807, 2.05) is 6.92 Å². The van der Waals surface area contributed by atoms with Crippen molar-refractivity contribution in [2.24, 2.45) is 0 Å². The third-order valence-corrected chi connectivity index (χ3v) is 6.96. The predicted octanol–water partition coefficient (Wildman–Crippen LogP) is 1.39. The minimum absolute atomic E-state index is 0.0703. The first kappa shape index (κ1) is 15.1. The number of amides is 1. The van der Waals surface area contributed by atoms with Gasteiger partial charge in [0.2, 0.25) is 5.91 Å². The van der Waals surface area contributed by atoms with E-state index in [1.54, 1.807) is 0 Å². The number of thiocarbonyl (C=S) groups is 1. The SMILES string of the molecule is CCCC1SC(=S)N([Si](OC)(OC)OC)C1=O. The molecule has 0 saturated carbocycles. The molecule has 0 N–H and O–H groups in total. The van der Waals surface area contributed by atoms with Gasteiger partial charge in [0.1, 0.15) is 4.32 Å². The van der Waals surface area contributed by atoms with Crippen LogP contribution in [0.4, 0.5) is 0 Å². The third-order valence-electron chi connectivity index (χ3n) is 2.52. The molecule has 1 aliphatic heterocycles. The smallest absolute Gasteiger partial charge is 0.360 e. The van der Waals surface area contributed by atoms with Crippen LogP contribution >= 0.6 is 24.0 Å². The van der Waals surface area contributed by atoms with Gasteiger partial charge in [-0.3, -0.25) is 9.36 Å². The van der Waals surface area contributed by atoms with Crippen molar-refractivity contribution < 1.29 is 18.1 Å². The third kappa shape index (κ3) is 2.72. The molecule has 5 nitrogen and oxygen atoms in total. The van der Waals surface area contributed by atoms with Crippen LogP contribution in [0.25, 0.3) is 0 Å². The monoisotopic (exact) mass is 295 g/mol. The lowest BCUT2D eigenvalue weighted by Crippen LogP contribution is -2.61. The molecule has 1 atom stereocenters. The average Bonchev–Trinajstić information content (AvgIpc) is 2.61. The van der Waals surface area contributed by atoms with E-state index >= 15 is 0 Å². The van der Waals surface area contributed by atoms with E-state index in [0.29, 0.717) is 4.32 Å². The summed E-state index contributed by atoms with van der Waals surface area (Å²) in [5.74, 6) is -0.0703. The molecule has 0 aromatic carbocycles. The lowest BCUT2D eigenvalue weighted by molar-refractivity contribution is -0.126. The molecule has 1 aliphatic rings. The van der Waals surface area contributed by atoms with Gasteiger partial charge in [0, 0.05) is 21.3 Å². The zero-order valence-electron chi connectivity index (χ0n) is 10.4. The fourth-order valence-electron chi connectivity index (χ4n) is 1.67. The maximum atomic E-state index is 12.2. The van der Waals surface area contributed by atoms with Gasteiger partial charge in [0.05, 0.1) is 5.25 Å². The molecule has 1 unspecified atom stereocenters. The van der Waals surface area contributed by atoms with Gasteiger partial charge in [-0.2, -0.15) is 0 Å². The number of nitrogens with zero attached hydrogens (tertiary/aromatic N) is 1. The van der Waals surface area contributed by atoms with Gasteiger partial charge in [-0.25, -0.2) is 0 Å². The summed E-state index contributed by atoms with van der Waals surface area (Å²) in [6.45, 7) is 2.03. The fraction of sp³-hybridized carbons (Fsp3) is 0.778. The van der Waals surface area contributed by atoms with E-state index in [1.165, 1.54) is 37.7 Å². The van der Waals surface area contributed by atoms with Crippen molar-refractivity contribution in [3.8, 4) is 0 Å². The second-order valence-electron chi connectivity index (χ2n) is 3.47. The van der Waals surface area contributed by atoms with Gasteiger partial charge < -0.3 is 13.3 Å². The second-order valence-corrected chi connectivity index (χ2v) is 8.03. The number of carbonyl (C=O) groups is 1. The number of rotatable bonds is 6. The van der Waals surface area contributed by atoms with Gasteiger partial charge in [-0.15, -0.1) is 0 Å². The van der Waals surface area contributed by atoms with Gasteiger partial charge >= 0.3 is 8.97 Å². The standard InChI is InChI=1S/C9H17NO4S2Si/c1-5-6-7-8(11)10(9(15)16-7)17(12-2,13-3)14-4/h7H,5-6H2,1-4H3. The summed E-state index contributed by atoms with van der Waals surface area (Å²) in [6, 6.07) is 0. The normalized spacial score (nSPS) is 21.4. The van der Waals surface area contributed by atoms with Crippen molar-refractivity contribution in [2.45, 2.75) is 25.0 Å². The van der Waals surface area contributed by atoms with Crippen LogP contribution in [0, 0.1) is 0 Å². The Morgan fingerprint density at radius 3 is 2.29 bits per heavy atom. The maximum absolute atomic E-state index is 12.2. The summed E-state index contributed by atoms with van der Waals surface area (Å²) in [5.41, 5.74) is 0. The largest absolute Gasteiger partial charge is 0.640 e. The highest BCUT2D eigenvalue weighted by atomic mass is 32.2. The molecule has 0 aliphatic carbocycles. The first-order valence-corrected chi connectivity index (χ1v) is 8.22. The zero-order chi connectivity index (χ0) is 13.1. The van der Waals surface area contributed by atoms with Crippen molar-refractivity contribution >= 4 is 43.2 Å². The molecular weight excluding hydrogens is 278 g/mol. The van der Waals surface area contributed by atoms with Crippen LogP contribution in [-0.2, 0) is 18.1 Å². The molecule has 0 spiro atoms. The highest BCUT2D eigenvalue weighted by molar-refractivity contribution is 8.24. The Hall–Kier alpha value is 0.00688. The molecular formula is C9H17NO4S2Si. The number of thioether (sulfide) groups is 1. The molecule has 1 saturated heterocycles. The van der Waals surface area contributed by atoms with Crippen LogP contribution in [0.15, 0.2) is 0 Å². The summed E-state index contributed by atoms with van der Waals surface area (Å²) >= 11 is 6.60. The Morgan fingerprint density at radius 2 is 1.88 bits per heavy atom. The summed E-state index contributed by atoms with van der Waals surface area (Å²) in [7, 11) is 1.24. The van der Waals surface area contributed by atoms with Crippen LogP contribution < -0.4 is 0 Å². The van der Waals surface area contributed by atoms with Crippen LogP contribution in [0.1, 0.15) is 19.8 Å². The maximum Gasteiger partial charge on any atom is 0.640 e. The van der Waals surface area contributed by atoms with Crippen molar-refractivity contribution in [3.63, 3.8) is 0 Å². The highest BCUT2D eigenvalue weighted by Crippen LogP contribution is 2.34. The lowest BCUT2D eigenvalue weighted by atomic mass is 10.2. The molecule has 0 bridgehead atoms. The summed E-state index contributed by atoms with van der Waals surface area (Å²) in [6.07, 6.45) is 1.73. The van der Waals surface area contributed by atoms with Gasteiger partial charge in [0.25, 0.3) is 0 Å². The Morgan fingerprint density at radius 1 is 1.35 bits per heavy atom. The van der Waals surface area contributed by atoms with Gasteiger partial charge in [-0.05, 0) is 6.42 Å². The highest BCUT2D eigenvalue weighted by Gasteiger charge is 2.56. The summed E-state index contributed by atoms with van der Waals surface area (Å²) in [4.78, 5) is 12.2. The lowest BCUT2D eigenvalue weighted by Gasteiger charge is -2.31. The predicted molar refractivity (Wildman–Crippen MR) is 72.5 cm³/mol. The van der Waals surface area contributed by atoms with Crippen molar-refractivity contribution in [3.05, 3.63) is 0 Å². The van der Waals surface area contributed by atoms with Crippen molar-refractivity contribution in [1.29, 1.82) is 0 Å². The molecule has 0 aromatic rings. The van der Waals surface area contributed by atoms with Crippen LogP contribution in [0.2, 0.25) is 0 Å². The van der Waals surface area contributed by atoms with Crippen LogP contribution in [0.3, 0.4) is 0 Å². The van der Waals surface area contributed by atoms with Crippen LogP contribution in [0.5, 0.6) is 0 Å². The van der Waals surface area contributed by atoms with Crippen LogP contribution in [-0.4, -0.2) is 50.3 Å².